The molecule has 8 heteroatoms. The van der Waals surface area contributed by atoms with E-state index >= 15 is 0 Å². The zero-order valence-electron chi connectivity index (χ0n) is 18.2. The number of rotatable bonds is 12. The van der Waals surface area contributed by atoms with Crippen molar-refractivity contribution in [2.24, 2.45) is 5.92 Å². The van der Waals surface area contributed by atoms with Gasteiger partial charge in [0.25, 0.3) is 0 Å². The first kappa shape index (κ1) is 23.8. The van der Waals surface area contributed by atoms with E-state index in [4.69, 9.17) is 4.74 Å². The second-order valence-corrected chi connectivity index (χ2v) is 8.35. The molecule has 2 N–H and O–H groups in total. The molecule has 0 saturated carbocycles. The van der Waals surface area contributed by atoms with Gasteiger partial charge in [-0.15, -0.1) is 10.2 Å². The zero-order chi connectivity index (χ0) is 21.9. The molecule has 1 heterocycles. The number of amides is 2. The van der Waals surface area contributed by atoms with E-state index in [9.17, 15) is 9.59 Å². The maximum atomic E-state index is 12.9. The van der Waals surface area contributed by atoms with Crippen LogP contribution in [0, 0.1) is 5.92 Å². The van der Waals surface area contributed by atoms with Gasteiger partial charge in [0.15, 0.2) is 0 Å². The number of hydrogen-bond acceptors (Lipinski definition) is 6. The van der Waals surface area contributed by atoms with E-state index in [0.717, 1.165) is 43.4 Å². The summed E-state index contributed by atoms with van der Waals surface area (Å²) in [6, 6.07) is 6.90. The average molecular weight is 433 g/mol. The predicted octanol–water partition coefficient (Wildman–Crippen LogP) is 4.65. The molecule has 2 unspecified atom stereocenters. The Morgan fingerprint density at radius 1 is 1.10 bits per heavy atom. The van der Waals surface area contributed by atoms with Gasteiger partial charge in [0, 0.05) is 12.0 Å². The highest BCUT2D eigenvalue weighted by Crippen LogP contribution is 2.28. The maximum absolute atomic E-state index is 12.9. The highest BCUT2D eigenvalue weighted by atomic mass is 32.1. The lowest BCUT2D eigenvalue weighted by Crippen LogP contribution is -2.47. The Bertz CT molecular complexity index is 807. The SMILES string of the molecule is CCCCCCC(=O)NC(C(=O)Nc1nnc(-c2ccc(OC)cc2)s1)C(C)CC. The third-order valence-corrected chi connectivity index (χ3v) is 5.95. The molecule has 0 radical (unpaired) electrons. The molecule has 0 aliphatic rings. The average Bonchev–Trinajstić information content (AvgIpc) is 3.23. The van der Waals surface area contributed by atoms with Gasteiger partial charge in [-0.25, -0.2) is 0 Å². The fourth-order valence-electron chi connectivity index (χ4n) is 2.97. The predicted molar refractivity (Wildman–Crippen MR) is 121 cm³/mol. The molecule has 2 atom stereocenters. The van der Waals surface area contributed by atoms with Crippen molar-refractivity contribution in [3.63, 3.8) is 0 Å². The molecule has 0 aliphatic carbocycles. The summed E-state index contributed by atoms with van der Waals surface area (Å²) in [6.07, 6.45) is 5.34. The van der Waals surface area contributed by atoms with E-state index in [-0.39, 0.29) is 17.7 Å². The minimum Gasteiger partial charge on any atom is -0.497 e. The van der Waals surface area contributed by atoms with Crippen LogP contribution in [0.15, 0.2) is 24.3 Å². The zero-order valence-corrected chi connectivity index (χ0v) is 19.1. The molecule has 0 bridgehead atoms. The summed E-state index contributed by atoms with van der Waals surface area (Å²) in [5.41, 5.74) is 0.896. The first-order valence-electron chi connectivity index (χ1n) is 10.6. The van der Waals surface area contributed by atoms with Crippen molar-refractivity contribution in [2.45, 2.75) is 65.3 Å². The number of unbranched alkanes of at least 4 members (excludes halogenated alkanes) is 3. The lowest BCUT2D eigenvalue weighted by Gasteiger charge is -2.23. The monoisotopic (exact) mass is 432 g/mol. The highest BCUT2D eigenvalue weighted by molar-refractivity contribution is 7.18. The van der Waals surface area contributed by atoms with Crippen molar-refractivity contribution in [3.05, 3.63) is 24.3 Å². The molecule has 0 saturated heterocycles. The van der Waals surface area contributed by atoms with Crippen molar-refractivity contribution in [2.75, 3.05) is 12.4 Å². The molecular weight excluding hydrogens is 400 g/mol. The molecule has 0 spiro atoms. The Morgan fingerprint density at radius 3 is 2.47 bits per heavy atom. The van der Waals surface area contributed by atoms with E-state index in [1.807, 2.05) is 38.1 Å². The number of carbonyl (C=O) groups excluding carboxylic acids is 2. The fraction of sp³-hybridized carbons (Fsp3) is 0.545. The second kappa shape index (κ2) is 12.3. The summed E-state index contributed by atoms with van der Waals surface area (Å²) in [6.45, 7) is 6.10. The largest absolute Gasteiger partial charge is 0.497 e. The smallest absolute Gasteiger partial charge is 0.249 e. The minimum atomic E-state index is -0.595. The van der Waals surface area contributed by atoms with Crippen LogP contribution in [-0.4, -0.2) is 35.2 Å². The Morgan fingerprint density at radius 2 is 1.83 bits per heavy atom. The third-order valence-electron chi connectivity index (χ3n) is 5.06. The number of ether oxygens (including phenoxy) is 1. The van der Waals surface area contributed by atoms with Crippen molar-refractivity contribution in [1.29, 1.82) is 0 Å². The van der Waals surface area contributed by atoms with Gasteiger partial charge in [0.05, 0.1) is 7.11 Å². The molecule has 0 aliphatic heterocycles. The van der Waals surface area contributed by atoms with Crippen LogP contribution in [0.5, 0.6) is 5.75 Å². The van der Waals surface area contributed by atoms with Gasteiger partial charge >= 0.3 is 0 Å². The van der Waals surface area contributed by atoms with E-state index in [2.05, 4.69) is 27.8 Å². The van der Waals surface area contributed by atoms with Crippen molar-refractivity contribution in [3.8, 4) is 16.3 Å². The van der Waals surface area contributed by atoms with Crippen LogP contribution in [0.1, 0.15) is 59.3 Å². The summed E-state index contributed by atoms with van der Waals surface area (Å²) in [7, 11) is 1.62. The Hall–Kier alpha value is -2.48. The number of nitrogens with one attached hydrogen (secondary N) is 2. The van der Waals surface area contributed by atoms with Crippen LogP contribution in [0.2, 0.25) is 0 Å². The highest BCUT2D eigenvalue weighted by Gasteiger charge is 2.26. The van der Waals surface area contributed by atoms with E-state index in [1.54, 1.807) is 7.11 Å². The Kier molecular flexibility index (Phi) is 9.73. The van der Waals surface area contributed by atoms with Crippen LogP contribution in [0.4, 0.5) is 5.13 Å². The number of carbonyl (C=O) groups is 2. The number of hydrogen-bond donors (Lipinski definition) is 2. The van der Waals surface area contributed by atoms with E-state index < -0.39 is 6.04 Å². The molecule has 2 amide bonds. The molecule has 2 aromatic rings. The van der Waals surface area contributed by atoms with Gasteiger partial charge < -0.3 is 10.1 Å². The first-order chi connectivity index (χ1) is 14.5. The molecule has 0 fully saturated rings. The number of anilines is 1. The second-order valence-electron chi connectivity index (χ2n) is 7.37. The molecule has 164 valence electrons. The van der Waals surface area contributed by atoms with Crippen molar-refractivity contribution >= 4 is 28.3 Å². The molecule has 7 nitrogen and oxygen atoms in total. The maximum Gasteiger partial charge on any atom is 0.249 e. The summed E-state index contributed by atoms with van der Waals surface area (Å²) in [5, 5.41) is 15.1. The van der Waals surface area contributed by atoms with Gasteiger partial charge in [-0.1, -0.05) is 57.8 Å². The summed E-state index contributed by atoms with van der Waals surface area (Å²) >= 11 is 1.30. The van der Waals surface area contributed by atoms with Gasteiger partial charge in [0.2, 0.25) is 16.9 Å². The van der Waals surface area contributed by atoms with Crippen LogP contribution in [-0.2, 0) is 9.59 Å². The summed E-state index contributed by atoms with van der Waals surface area (Å²) in [4.78, 5) is 25.2. The molecule has 1 aromatic heterocycles. The topological polar surface area (TPSA) is 93.2 Å². The van der Waals surface area contributed by atoms with Gasteiger partial charge in [-0.3, -0.25) is 14.9 Å². The molecule has 1 aromatic carbocycles. The summed E-state index contributed by atoms with van der Waals surface area (Å²) < 4.78 is 5.17. The van der Waals surface area contributed by atoms with Crippen molar-refractivity contribution in [1.82, 2.24) is 15.5 Å². The number of aromatic nitrogens is 2. The van der Waals surface area contributed by atoms with Crippen LogP contribution in [0.25, 0.3) is 10.6 Å². The van der Waals surface area contributed by atoms with E-state index in [1.165, 1.54) is 11.3 Å². The Labute approximate surface area is 182 Å². The third kappa shape index (κ3) is 7.09. The van der Waals surface area contributed by atoms with Gasteiger partial charge in [0.1, 0.15) is 16.8 Å². The van der Waals surface area contributed by atoms with E-state index in [0.29, 0.717) is 16.6 Å². The lowest BCUT2D eigenvalue weighted by molar-refractivity contribution is -0.127. The molecular formula is C22H32N4O3S. The van der Waals surface area contributed by atoms with Gasteiger partial charge in [-0.2, -0.15) is 0 Å². The van der Waals surface area contributed by atoms with Crippen LogP contribution < -0.4 is 15.4 Å². The molecule has 30 heavy (non-hydrogen) atoms. The quantitative estimate of drug-likeness (QED) is 0.476. The van der Waals surface area contributed by atoms with Crippen LogP contribution in [0.3, 0.4) is 0 Å². The lowest BCUT2D eigenvalue weighted by atomic mass is 9.98. The van der Waals surface area contributed by atoms with Crippen LogP contribution >= 0.6 is 11.3 Å². The minimum absolute atomic E-state index is 0.0126. The number of benzene rings is 1. The number of methoxy groups -OCH3 is 1. The summed E-state index contributed by atoms with van der Waals surface area (Å²) in [5.74, 6) is 0.434. The van der Waals surface area contributed by atoms with Gasteiger partial charge in [-0.05, 0) is 36.6 Å². The first-order valence-corrected chi connectivity index (χ1v) is 11.4. The van der Waals surface area contributed by atoms with Crippen molar-refractivity contribution < 1.29 is 14.3 Å². The normalized spacial score (nSPS) is 12.8. The molecule has 2 rings (SSSR count). The number of nitrogens with zero attached hydrogens (tertiary/aromatic N) is 2. The Balaban J connectivity index is 1.99. The standard InChI is InChI=1S/C22H32N4O3S/c1-5-7-8-9-10-18(27)23-19(15(3)6-2)20(28)24-22-26-25-21(30-22)16-11-13-17(29-4)14-12-16/h11-15,19H,5-10H2,1-4H3,(H,23,27)(H,24,26,28). The fourth-order valence-corrected chi connectivity index (χ4v) is 3.72.